The van der Waals surface area contributed by atoms with Crippen molar-refractivity contribution in [2.75, 3.05) is 72.0 Å². The summed E-state index contributed by atoms with van der Waals surface area (Å²) in [6.07, 6.45) is 0. The number of sulfonamides is 1. The van der Waals surface area contributed by atoms with Gasteiger partial charge in [0.25, 0.3) is 5.91 Å². The molecule has 4 heterocycles. The van der Waals surface area contributed by atoms with Gasteiger partial charge in [0.05, 0.1) is 24.5 Å². The summed E-state index contributed by atoms with van der Waals surface area (Å²) in [4.78, 5) is 17.6. The number of quaternary nitrogens is 1. The predicted molar refractivity (Wildman–Crippen MR) is 107 cm³/mol. The van der Waals surface area contributed by atoms with E-state index in [2.05, 4.69) is 4.90 Å². The molecule has 1 amide bonds. The van der Waals surface area contributed by atoms with E-state index < -0.39 is 10.0 Å². The molecule has 0 saturated carbocycles. The largest absolute Gasteiger partial charge is 0.335 e. The van der Waals surface area contributed by atoms with Crippen molar-refractivity contribution in [3.8, 4) is 0 Å². The topological polar surface area (TPSA) is 60.9 Å². The Morgan fingerprint density at radius 3 is 2.14 bits per heavy atom. The van der Waals surface area contributed by atoms with Gasteiger partial charge in [-0.2, -0.15) is 4.31 Å². The van der Waals surface area contributed by atoms with Crippen LogP contribution in [0.4, 0.5) is 0 Å². The highest BCUT2D eigenvalue weighted by Crippen LogP contribution is 2.23. The molecule has 154 valence electrons. The minimum atomic E-state index is -3.51. The Hall–Kier alpha value is -1.48. The van der Waals surface area contributed by atoms with E-state index in [0.29, 0.717) is 37.6 Å². The molecule has 0 aliphatic carbocycles. The van der Waals surface area contributed by atoms with E-state index in [4.69, 9.17) is 0 Å². The first kappa shape index (κ1) is 19.8. The van der Waals surface area contributed by atoms with Crippen LogP contribution in [0.1, 0.15) is 11.1 Å². The summed E-state index contributed by atoms with van der Waals surface area (Å²) >= 11 is 0. The van der Waals surface area contributed by atoms with Gasteiger partial charge in [0.15, 0.2) is 6.54 Å². The lowest BCUT2D eigenvalue weighted by Gasteiger charge is -2.50. The first-order valence-electron chi connectivity index (χ1n) is 10.2. The number of nitrogens with zero attached hydrogens (tertiary/aromatic N) is 4. The minimum Gasteiger partial charge on any atom is -0.335 e. The van der Waals surface area contributed by atoms with Crippen molar-refractivity contribution in [2.45, 2.75) is 18.7 Å². The summed E-state index contributed by atoms with van der Waals surface area (Å²) in [5.41, 5.74) is 1.83. The van der Waals surface area contributed by atoms with Crippen LogP contribution in [0.15, 0.2) is 23.1 Å². The fraction of sp³-hybridized carbons (Fsp3) is 0.650. The van der Waals surface area contributed by atoms with Crippen molar-refractivity contribution in [1.82, 2.24) is 14.1 Å². The summed E-state index contributed by atoms with van der Waals surface area (Å²) in [6, 6.07) is 5.44. The van der Waals surface area contributed by atoms with Crippen LogP contribution < -0.4 is 0 Å². The van der Waals surface area contributed by atoms with Crippen LogP contribution in [0.2, 0.25) is 0 Å². The Morgan fingerprint density at radius 1 is 0.964 bits per heavy atom. The van der Waals surface area contributed by atoms with Gasteiger partial charge in [-0.15, -0.1) is 0 Å². The molecule has 7 nitrogen and oxygen atoms in total. The van der Waals surface area contributed by atoms with E-state index in [1.165, 1.54) is 4.31 Å². The van der Waals surface area contributed by atoms with E-state index in [1.807, 2.05) is 30.9 Å². The Balaban J connectivity index is 1.38. The third-order valence-corrected chi connectivity index (χ3v) is 8.74. The Bertz CT molecular complexity index is 840. The highest BCUT2D eigenvalue weighted by Gasteiger charge is 2.41. The number of carbonyl (C=O) groups is 1. The molecule has 28 heavy (non-hydrogen) atoms. The molecule has 0 atom stereocenters. The number of hydrogen-bond donors (Lipinski definition) is 0. The molecular formula is C20H31N4O3S+. The zero-order chi connectivity index (χ0) is 19.9. The zero-order valence-electron chi connectivity index (χ0n) is 16.9. The average molecular weight is 408 g/mol. The molecule has 5 rings (SSSR count). The summed E-state index contributed by atoms with van der Waals surface area (Å²) < 4.78 is 28.5. The van der Waals surface area contributed by atoms with Crippen LogP contribution in [-0.4, -0.2) is 105 Å². The van der Waals surface area contributed by atoms with Crippen LogP contribution in [0, 0.1) is 13.8 Å². The predicted octanol–water partition coefficient (Wildman–Crippen LogP) is 0.282. The van der Waals surface area contributed by atoms with Gasteiger partial charge in [0, 0.05) is 45.8 Å². The van der Waals surface area contributed by atoms with Crippen LogP contribution in [0.3, 0.4) is 0 Å². The lowest BCUT2D eigenvalue weighted by atomic mass is 10.1. The number of fused-ring (bicyclic) bond motifs is 3. The van der Waals surface area contributed by atoms with Gasteiger partial charge in [-0.1, -0.05) is 17.7 Å². The molecule has 4 saturated heterocycles. The highest BCUT2D eigenvalue weighted by molar-refractivity contribution is 7.89. The summed E-state index contributed by atoms with van der Waals surface area (Å²) in [5.74, 6) is 0.180. The maximum absolute atomic E-state index is 13.0. The molecule has 0 radical (unpaired) electrons. The molecule has 0 unspecified atom stereocenters. The van der Waals surface area contributed by atoms with Gasteiger partial charge < -0.3 is 9.38 Å². The van der Waals surface area contributed by atoms with Gasteiger partial charge in [0.2, 0.25) is 10.0 Å². The monoisotopic (exact) mass is 407 g/mol. The summed E-state index contributed by atoms with van der Waals surface area (Å²) in [6.45, 7) is 12.5. The Morgan fingerprint density at radius 2 is 1.57 bits per heavy atom. The SMILES string of the molecule is Cc1ccc(S(=O)(=O)N2CCN(C(=O)C[N+]34CCN(CC3)CC4)CC2)c(C)c1. The zero-order valence-corrected chi connectivity index (χ0v) is 17.7. The van der Waals surface area contributed by atoms with Crippen molar-refractivity contribution in [3.63, 3.8) is 0 Å². The molecular weight excluding hydrogens is 376 g/mol. The lowest BCUT2D eigenvalue weighted by Crippen LogP contribution is -2.69. The van der Waals surface area contributed by atoms with Crippen LogP contribution in [-0.2, 0) is 14.8 Å². The van der Waals surface area contributed by atoms with Gasteiger partial charge in [-0.3, -0.25) is 9.69 Å². The first-order chi connectivity index (χ1) is 13.3. The maximum atomic E-state index is 13.0. The van der Waals surface area contributed by atoms with E-state index in [1.54, 1.807) is 6.07 Å². The molecule has 2 bridgehead atoms. The third kappa shape index (κ3) is 3.70. The highest BCUT2D eigenvalue weighted by atomic mass is 32.2. The fourth-order valence-corrected chi connectivity index (χ4v) is 6.39. The van der Waals surface area contributed by atoms with Crippen molar-refractivity contribution in [3.05, 3.63) is 29.3 Å². The van der Waals surface area contributed by atoms with Crippen LogP contribution in [0.25, 0.3) is 0 Å². The van der Waals surface area contributed by atoms with Gasteiger partial charge in [-0.05, 0) is 25.5 Å². The van der Waals surface area contributed by atoms with E-state index in [-0.39, 0.29) is 5.91 Å². The minimum absolute atomic E-state index is 0.180. The summed E-state index contributed by atoms with van der Waals surface area (Å²) in [5, 5.41) is 0. The van der Waals surface area contributed by atoms with Gasteiger partial charge in [0.1, 0.15) is 0 Å². The second kappa shape index (κ2) is 7.40. The second-order valence-corrected chi connectivity index (χ2v) is 10.5. The number of carbonyl (C=O) groups excluding carboxylic acids is 1. The van der Waals surface area contributed by atoms with Crippen molar-refractivity contribution in [2.24, 2.45) is 0 Å². The molecule has 4 aliphatic heterocycles. The van der Waals surface area contributed by atoms with Crippen molar-refractivity contribution < 1.29 is 17.7 Å². The standard InChI is InChI=1S/C20H31N4O3S/c1-17-3-4-19(18(2)15-17)28(26,27)23-7-5-22(6-8-23)20(25)16-24-12-9-21(10-13-24)11-14-24/h3-4,15H,5-14,16H2,1-2H3/q+1. The van der Waals surface area contributed by atoms with Crippen LogP contribution in [0.5, 0.6) is 0 Å². The molecule has 0 aromatic heterocycles. The molecule has 4 fully saturated rings. The molecule has 4 aliphatic rings. The van der Waals surface area contributed by atoms with Crippen molar-refractivity contribution in [1.29, 1.82) is 0 Å². The fourth-order valence-electron chi connectivity index (χ4n) is 4.76. The summed E-state index contributed by atoms with van der Waals surface area (Å²) in [7, 11) is -3.51. The molecule has 0 N–H and O–H groups in total. The Labute approximate surface area is 168 Å². The molecule has 1 aromatic carbocycles. The number of rotatable bonds is 4. The molecule has 0 spiro atoms. The maximum Gasteiger partial charge on any atom is 0.277 e. The number of hydrogen-bond acceptors (Lipinski definition) is 4. The molecule has 1 aromatic rings. The number of aryl methyl sites for hydroxylation is 2. The number of benzene rings is 1. The second-order valence-electron chi connectivity index (χ2n) is 8.57. The third-order valence-electron chi connectivity index (χ3n) is 6.68. The van der Waals surface area contributed by atoms with Gasteiger partial charge in [-0.25, -0.2) is 8.42 Å². The van der Waals surface area contributed by atoms with E-state index >= 15 is 0 Å². The molecule has 8 heteroatoms. The van der Waals surface area contributed by atoms with Crippen LogP contribution >= 0.6 is 0 Å². The quantitative estimate of drug-likeness (QED) is 0.673. The normalized spacial score (nSPS) is 28.5. The lowest BCUT2D eigenvalue weighted by molar-refractivity contribution is -0.934. The van der Waals surface area contributed by atoms with E-state index in [9.17, 15) is 13.2 Å². The Kier molecular flexibility index (Phi) is 5.24. The number of piperazine rings is 4. The average Bonchev–Trinajstić information content (AvgIpc) is 2.69. The van der Waals surface area contributed by atoms with Crippen molar-refractivity contribution >= 4 is 15.9 Å². The first-order valence-corrected chi connectivity index (χ1v) is 11.7. The number of amides is 1. The smallest absolute Gasteiger partial charge is 0.277 e. The van der Waals surface area contributed by atoms with Gasteiger partial charge >= 0.3 is 0 Å². The van der Waals surface area contributed by atoms with E-state index in [0.717, 1.165) is 54.9 Å².